The summed E-state index contributed by atoms with van der Waals surface area (Å²) in [6.07, 6.45) is 0. The maximum Gasteiger partial charge on any atom is 0.295 e. The first-order valence-electron chi connectivity index (χ1n) is 7.47. The summed E-state index contributed by atoms with van der Waals surface area (Å²) in [6.45, 7) is 1.93. The van der Waals surface area contributed by atoms with Crippen LogP contribution in [0.15, 0.2) is 54.1 Å². The number of aliphatic hydroxyl groups is 1. The van der Waals surface area contributed by atoms with Gasteiger partial charge in [-0.1, -0.05) is 53.6 Å². The SMILES string of the molecule is Cc1ccc(/C(O)=C2\C(=O)C(=O)N(C)[C@H]2c2ccc(Cl)cc2)cc1. The number of aryl methyl sites for hydroxylation is 1. The smallest absolute Gasteiger partial charge is 0.295 e. The van der Waals surface area contributed by atoms with Gasteiger partial charge in [0.15, 0.2) is 0 Å². The number of amides is 1. The van der Waals surface area contributed by atoms with Gasteiger partial charge < -0.3 is 10.0 Å². The van der Waals surface area contributed by atoms with Gasteiger partial charge in [-0.25, -0.2) is 0 Å². The maximum atomic E-state index is 12.4. The highest BCUT2D eigenvalue weighted by molar-refractivity contribution is 6.46. The molecule has 3 rings (SSSR count). The van der Waals surface area contributed by atoms with Gasteiger partial charge in [-0.2, -0.15) is 0 Å². The van der Waals surface area contributed by atoms with E-state index in [9.17, 15) is 14.7 Å². The Morgan fingerprint density at radius 2 is 1.62 bits per heavy atom. The number of carbonyl (C=O) groups excluding carboxylic acids is 2. The van der Waals surface area contributed by atoms with Gasteiger partial charge in [0.2, 0.25) is 0 Å². The summed E-state index contributed by atoms with van der Waals surface area (Å²) in [6, 6.07) is 13.4. The van der Waals surface area contributed by atoms with Gasteiger partial charge in [0.05, 0.1) is 11.6 Å². The summed E-state index contributed by atoms with van der Waals surface area (Å²) in [5.74, 6) is -1.49. The van der Waals surface area contributed by atoms with E-state index in [1.54, 1.807) is 43.4 Å². The number of halogens is 1. The number of hydrogen-bond acceptors (Lipinski definition) is 3. The molecule has 1 atom stereocenters. The lowest BCUT2D eigenvalue weighted by Crippen LogP contribution is -2.24. The third-order valence-electron chi connectivity index (χ3n) is 4.19. The molecule has 0 radical (unpaired) electrons. The van der Waals surface area contributed by atoms with Crippen LogP contribution in [0.5, 0.6) is 0 Å². The highest BCUT2D eigenvalue weighted by atomic mass is 35.5. The molecule has 1 saturated heterocycles. The molecule has 1 amide bonds. The molecule has 1 aliphatic rings. The first kappa shape index (κ1) is 16.3. The first-order valence-corrected chi connectivity index (χ1v) is 7.85. The highest BCUT2D eigenvalue weighted by Crippen LogP contribution is 2.38. The average molecular weight is 342 g/mol. The van der Waals surface area contributed by atoms with E-state index in [0.717, 1.165) is 11.1 Å². The normalized spacial score (nSPS) is 19.8. The van der Waals surface area contributed by atoms with Crippen molar-refractivity contribution in [3.05, 3.63) is 75.8 Å². The number of likely N-dealkylation sites (tertiary alicyclic amines) is 1. The summed E-state index contributed by atoms with van der Waals surface area (Å²) in [4.78, 5) is 25.9. The third-order valence-corrected chi connectivity index (χ3v) is 4.44. The number of nitrogens with zero attached hydrogens (tertiary/aromatic N) is 1. The number of Topliss-reactive ketones (excluding diaryl/α,β-unsaturated/α-hetero) is 1. The van der Waals surface area contributed by atoms with Crippen LogP contribution in [0.2, 0.25) is 5.02 Å². The van der Waals surface area contributed by atoms with Crippen LogP contribution >= 0.6 is 11.6 Å². The van der Waals surface area contributed by atoms with E-state index >= 15 is 0 Å². The molecule has 0 aromatic heterocycles. The average Bonchev–Trinajstić information content (AvgIpc) is 2.80. The fourth-order valence-electron chi connectivity index (χ4n) is 2.85. The second-order valence-corrected chi connectivity index (χ2v) is 6.26. The van der Waals surface area contributed by atoms with Gasteiger partial charge in [0, 0.05) is 17.6 Å². The number of likely N-dealkylation sites (N-methyl/N-ethyl adjacent to an activating group) is 1. The third kappa shape index (κ3) is 2.69. The minimum absolute atomic E-state index is 0.0914. The Morgan fingerprint density at radius 3 is 2.21 bits per heavy atom. The first-order chi connectivity index (χ1) is 11.4. The molecule has 5 heteroatoms. The van der Waals surface area contributed by atoms with Crippen LogP contribution in [0.1, 0.15) is 22.7 Å². The molecule has 0 aliphatic carbocycles. The minimum Gasteiger partial charge on any atom is -0.507 e. The van der Waals surface area contributed by atoms with Crippen LogP contribution in [0.25, 0.3) is 5.76 Å². The lowest BCUT2D eigenvalue weighted by molar-refractivity contribution is -0.139. The summed E-state index contributed by atoms with van der Waals surface area (Å²) in [7, 11) is 1.55. The molecule has 0 bridgehead atoms. The van der Waals surface area contributed by atoms with Crippen molar-refractivity contribution in [1.82, 2.24) is 4.90 Å². The second kappa shape index (κ2) is 6.13. The van der Waals surface area contributed by atoms with Crippen LogP contribution in [0.3, 0.4) is 0 Å². The van der Waals surface area contributed by atoms with Crippen molar-refractivity contribution in [2.24, 2.45) is 0 Å². The Balaban J connectivity index is 2.16. The van der Waals surface area contributed by atoms with E-state index in [1.165, 1.54) is 4.90 Å². The molecular formula is C19H16ClNO3. The van der Waals surface area contributed by atoms with Crippen LogP contribution < -0.4 is 0 Å². The predicted molar refractivity (Wildman–Crippen MR) is 92.7 cm³/mol. The molecule has 0 spiro atoms. The van der Waals surface area contributed by atoms with Crippen molar-refractivity contribution in [2.75, 3.05) is 7.05 Å². The number of benzene rings is 2. The minimum atomic E-state index is -0.685. The molecule has 0 unspecified atom stereocenters. The molecule has 1 heterocycles. The number of aliphatic hydroxyl groups excluding tert-OH is 1. The fourth-order valence-corrected chi connectivity index (χ4v) is 2.98. The van der Waals surface area contributed by atoms with Crippen molar-refractivity contribution in [1.29, 1.82) is 0 Å². The summed E-state index contributed by atoms with van der Waals surface area (Å²) in [5, 5.41) is 11.2. The quantitative estimate of drug-likeness (QED) is 0.515. The maximum absolute atomic E-state index is 12.4. The largest absolute Gasteiger partial charge is 0.507 e. The van der Waals surface area contributed by atoms with E-state index in [0.29, 0.717) is 10.6 Å². The molecule has 2 aromatic carbocycles. The summed E-state index contributed by atoms with van der Waals surface area (Å²) < 4.78 is 0. The van der Waals surface area contributed by atoms with Crippen molar-refractivity contribution >= 4 is 29.1 Å². The molecule has 1 fully saturated rings. The Kier molecular flexibility index (Phi) is 4.16. The number of carbonyl (C=O) groups is 2. The Morgan fingerprint density at radius 1 is 1.04 bits per heavy atom. The number of hydrogen-bond donors (Lipinski definition) is 1. The van der Waals surface area contributed by atoms with Gasteiger partial charge in [-0.05, 0) is 24.6 Å². The molecule has 2 aromatic rings. The van der Waals surface area contributed by atoms with Crippen molar-refractivity contribution in [2.45, 2.75) is 13.0 Å². The predicted octanol–water partition coefficient (Wildman–Crippen LogP) is 3.70. The van der Waals surface area contributed by atoms with E-state index in [2.05, 4.69) is 0 Å². The fraction of sp³-hybridized carbons (Fsp3) is 0.158. The van der Waals surface area contributed by atoms with E-state index in [4.69, 9.17) is 11.6 Å². The summed E-state index contributed by atoms with van der Waals surface area (Å²) in [5.41, 5.74) is 2.35. The van der Waals surface area contributed by atoms with Crippen molar-refractivity contribution in [3.8, 4) is 0 Å². The highest BCUT2D eigenvalue weighted by Gasteiger charge is 2.44. The zero-order valence-corrected chi connectivity index (χ0v) is 14.0. The van der Waals surface area contributed by atoms with E-state index < -0.39 is 17.7 Å². The number of ketones is 1. The van der Waals surface area contributed by atoms with Crippen molar-refractivity contribution in [3.63, 3.8) is 0 Å². The zero-order chi connectivity index (χ0) is 17.4. The second-order valence-electron chi connectivity index (χ2n) is 5.83. The molecule has 24 heavy (non-hydrogen) atoms. The molecule has 1 N–H and O–H groups in total. The van der Waals surface area contributed by atoms with Gasteiger partial charge in [-0.3, -0.25) is 9.59 Å². The van der Waals surface area contributed by atoms with Crippen LogP contribution in [-0.4, -0.2) is 28.7 Å². The monoisotopic (exact) mass is 341 g/mol. The lowest BCUT2D eigenvalue weighted by Gasteiger charge is -2.21. The van der Waals surface area contributed by atoms with Gasteiger partial charge in [0.25, 0.3) is 11.7 Å². The van der Waals surface area contributed by atoms with E-state index in [-0.39, 0.29) is 11.3 Å². The molecular weight excluding hydrogens is 326 g/mol. The molecule has 122 valence electrons. The standard InChI is InChI=1S/C19H16ClNO3/c1-11-3-5-13(6-4-11)17(22)15-16(21(2)19(24)18(15)23)12-7-9-14(20)10-8-12/h3-10,16,22H,1-2H3/b17-15+/t16-/m0/s1. The Labute approximate surface area is 145 Å². The topological polar surface area (TPSA) is 57.6 Å². The molecule has 0 saturated carbocycles. The van der Waals surface area contributed by atoms with E-state index in [1.807, 2.05) is 19.1 Å². The van der Waals surface area contributed by atoms with Gasteiger partial charge in [0.1, 0.15) is 5.76 Å². The zero-order valence-electron chi connectivity index (χ0n) is 13.3. The molecule has 1 aliphatic heterocycles. The van der Waals surface area contributed by atoms with Gasteiger partial charge in [-0.15, -0.1) is 0 Å². The molecule has 4 nitrogen and oxygen atoms in total. The summed E-state index contributed by atoms with van der Waals surface area (Å²) >= 11 is 5.91. The van der Waals surface area contributed by atoms with Crippen LogP contribution in [0.4, 0.5) is 0 Å². The Hall–Kier alpha value is -2.59. The van der Waals surface area contributed by atoms with Crippen LogP contribution in [0, 0.1) is 6.92 Å². The van der Waals surface area contributed by atoms with Crippen molar-refractivity contribution < 1.29 is 14.7 Å². The number of rotatable bonds is 2. The lowest BCUT2D eigenvalue weighted by atomic mass is 9.95. The Bertz CT molecular complexity index is 838. The van der Waals surface area contributed by atoms with Gasteiger partial charge >= 0.3 is 0 Å². The van der Waals surface area contributed by atoms with Crippen LogP contribution in [-0.2, 0) is 9.59 Å².